The third-order valence-corrected chi connectivity index (χ3v) is 4.42. The van der Waals surface area contributed by atoms with Crippen LogP contribution in [0.25, 0.3) is 0 Å². The molecule has 2 aliphatic rings. The topological polar surface area (TPSA) is 71.1 Å². The van der Waals surface area contributed by atoms with E-state index in [1.54, 1.807) is 23.1 Å². The lowest BCUT2D eigenvalue weighted by atomic mass is 10.2. The van der Waals surface area contributed by atoms with Crippen LogP contribution in [0, 0.1) is 0 Å². The molecule has 7 nitrogen and oxygen atoms in total. The predicted octanol–water partition coefficient (Wildman–Crippen LogP) is 0.528. The summed E-state index contributed by atoms with van der Waals surface area (Å²) in [6, 6.07) is 5.15. The highest BCUT2D eigenvalue weighted by molar-refractivity contribution is 6.27. The number of nitrogens with zero attached hydrogens (tertiary/aromatic N) is 2. The summed E-state index contributed by atoms with van der Waals surface area (Å²) in [6.07, 6.45) is 0. The number of piperazine rings is 1. The lowest BCUT2D eigenvalue weighted by Crippen LogP contribution is -2.50. The van der Waals surface area contributed by atoms with Gasteiger partial charge in [-0.25, -0.2) is 0 Å². The molecule has 1 saturated heterocycles. The minimum atomic E-state index is -0.135. The molecule has 0 atom stereocenters. The number of hydrogen-bond donors (Lipinski definition) is 1. The number of halogens is 1. The van der Waals surface area contributed by atoms with Gasteiger partial charge in [0.05, 0.1) is 0 Å². The Labute approximate surface area is 145 Å². The lowest BCUT2D eigenvalue weighted by molar-refractivity contribution is -0.130. The van der Waals surface area contributed by atoms with Crippen molar-refractivity contribution in [2.75, 3.05) is 51.9 Å². The summed E-state index contributed by atoms with van der Waals surface area (Å²) < 4.78 is 10.5. The van der Waals surface area contributed by atoms with Crippen molar-refractivity contribution in [1.82, 2.24) is 15.1 Å². The molecule has 130 valence electrons. The average molecular weight is 354 g/mol. The molecule has 2 amide bonds. The zero-order valence-electron chi connectivity index (χ0n) is 13.3. The number of carbonyl (C=O) groups is 2. The van der Waals surface area contributed by atoms with Crippen LogP contribution in [-0.2, 0) is 4.79 Å². The fourth-order valence-electron chi connectivity index (χ4n) is 2.77. The van der Waals surface area contributed by atoms with Crippen LogP contribution < -0.4 is 14.8 Å². The normalized spacial score (nSPS) is 17.0. The Morgan fingerprint density at radius 3 is 2.62 bits per heavy atom. The Morgan fingerprint density at radius 1 is 1.12 bits per heavy atom. The first-order valence-corrected chi connectivity index (χ1v) is 8.45. The molecule has 8 heteroatoms. The fourth-order valence-corrected chi connectivity index (χ4v) is 2.94. The van der Waals surface area contributed by atoms with Gasteiger partial charge >= 0.3 is 0 Å². The Kier molecular flexibility index (Phi) is 5.42. The molecule has 2 heterocycles. The highest BCUT2D eigenvalue weighted by Crippen LogP contribution is 2.32. The quantitative estimate of drug-likeness (QED) is 0.782. The SMILES string of the molecule is O=C(NCCN1CCN(C(=O)CCl)CC1)c1ccc2c(c1)OCO2. The average Bonchev–Trinajstić information content (AvgIpc) is 3.09. The second-order valence-corrected chi connectivity index (χ2v) is 5.95. The number of nitrogens with one attached hydrogen (secondary N) is 1. The van der Waals surface area contributed by atoms with Gasteiger partial charge in [-0.1, -0.05) is 0 Å². The number of carbonyl (C=O) groups excluding carboxylic acids is 2. The van der Waals surface area contributed by atoms with Crippen LogP contribution in [0.1, 0.15) is 10.4 Å². The van der Waals surface area contributed by atoms with E-state index in [1.165, 1.54) is 0 Å². The second kappa shape index (κ2) is 7.72. The molecule has 1 N–H and O–H groups in total. The van der Waals surface area contributed by atoms with Gasteiger partial charge in [0.15, 0.2) is 11.5 Å². The smallest absolute Gasteiger partial charge is 0.251 e. The summed E-state index contributed by atoms with van der Waals surface area (Å²) in [6.45, 7) is 4.45. The number of ether oxygens (including phenoxy) is 2. The fraction of sp³-hybridized carbons (Fsp3) is 0.500. The van der Waals surface area contributed by atoms with Crippen molar-refractivity contribution in [2.45, 2.75) is 0 Å². The van der Waals surface area contributed by atoms with Gasteiger partial charge in [-0.05, 0) is 18.2 Å². The Bertz CT molecular complexity index is 617. The maximum Gasteiger partial charge on any atom is 0.251 e. The zero-order valence-corrected chi connectivity index (χ0v) is 14.1. The van der Waals surface area contributed by atoms with Crippen molar-refractivity contribution in [2.24, 2.45) is 0 Å². The third-order valence-electron chi connectivity index (χ3n) is 4.19. The molecular weight excluding hydrogens is 334 g/mol. The van der Waals surface area contributed by atoms with Gasteiger partial charge < -0.3 is 19.7 Å². The van der Waals surface area contributed by atoms with Gasteiger partial charge in [0.25, 0.3) is 5.91 Å². The minimum Gasteiger partial charge on any atom is -0.454 e. The van der Waals surface area contributed by atoms with Crippen LogP contribution in [0.15, 0.2) is 18.2 Å². The van der Waals surface area contributed by atoms with Gasteiger partial charge in [0.1, 0.15) is 5.88 Å². The van der Waals surface area contributed by atoms with Crippen molar-refractivity contribution in [3.63, 3.8) is 0 Å². The highest BCUT2D eigenvalue weighted by Gasteiger charge is 2.20. The van der Waals surface area contributed by atoms with E-state index in [0.717, 1.165) is 19.6 Å². The number of fused-ring (bicyclic) bond motifs is 1. The lowest BCUT2D eigenvalue weighted by Gasteiger charge is -2.34. The van der Waals surface area contributed by atoms with Crippen LogP contribution in [0.2, 0.25) is 0 Å². The van der Waals surface area contributed by atoms with E-state index in [0.29, 0.717) is 36.7 Å². The van der Waals surface area contributed by atoms with E-state index in [4.69, 9.17) is 21.1 Å². The Hall–Kier alpha value is -1.99. The molecule has 24 heavy (non-hydrogen) atoms. The van der Waals surface area contributed by atoms with Gasteiger partial charge in [0.2, 0.25) is 12.7 Å². The van der Waals surface area contributed by atoms with Crippen molar-refractivity contribution in [3.8, 4) is 11.5 Å². The van der Waals surface area contributed by atoms with Crippen LogP contribution in [0.3, 0.4) is 0 Å². The van der Waals surface area contributed by atoms with Gasteiger partial charge in [0, 0.05) is 44.8 Å². The molecule has 0 aliphatic carbocycles. The van der Waals surface area contributed by atoms with E-state index < -0.39 is 0 Å². The predicted molar refractivity (Wildman–Crippen MR) is 88.6 cm³/mol. The van der Waals surface area contributed by atoms with Crippen LogP contribution in [-0.4, -0.2) is 73.6 Å². The maximum atomic E-state index is 12.2. The molecule has 0 aromatic heterocycles. The number of amides is 2. The minimum absolute atomic E-state index is 0.0209. The Morgan fingerprint density at radius 2 is 1.88 bits per heavy atom. The van der Waals surface area contributed by atoms with Gasteiger partial charge in [-0.3, -0.25) is 14.5 Å². The van der Waals surface area contributed by atoms with Crippen molar-refractivity contribution in [1.29, 1.82) is 0 Å². The Balaban J connectivity index is 1.41. The molecular formula is C16H20ClN3O4. The molecule has 0 bridgehead atoms. The van der Waals surface area contributed by atoms with Crippen LogP contribution >= 0.6 is 11.6 Å². The molecule has 3 rings (SSSR count). The molecule has 0 radical (unpaired) electrons. The first kappa shape index (κ1) is 16.9. The molecule has 1 aromatic rings. The summed E-state index contributed by atoms with van der Waals surface area (Å²) >= 11 is 5.56. The zero-order chi connectivity index (χ0) is 16.9. The van der Waals surface area contributed by atoms with E-state index >= 15 is 0 Å². The van der Waals surface area contributed by atoms with E-state index in [-0.39, 0.29) is 24.5 Å². The molecule has 1 fully saturated rings. The number of benzene rings is 1. The first-order valence-electron chi connectivity index (χ1n) is 7.91. The molecule has 1 aromatic carbocycles. The summed E-state index contributed by atoms with van der Waals surface area (Å²) in [5.74, 6) is 1.14. The van der Waals surface area contributed by atoms with E-state index in [2.05, 4.69) is 10.2 Å². The second-order valence-electron chi connectivity index (χ2n) is 5.68. The molecule has 0 unspecified atom stereocenters. The highest BCUT2D eigenvalue weighted by atomic mass is 35.5. The number of hydrogen-bond acceptors (Lipinski definition) is 5. The number of alkyl halides is 1. The van der Waals surface area contributed by atoms with Crippen molar-refractivity contribution >= 4 is 23.4 Å². The standard InChI is InChI=1S/C16H20ClN3O4/c17-10-15(21)20-7-5-19(6-8-20)4-3-18-16(22)12-1-2-13-14(9-12)24-11-23-13/h1-2,9H,3-8,10-11H2,(H,18,22). The monoisotopic (exact) mass is 353 g/mol. The summed E-state index contributed by atoms with van der Waals surface area (Å²) in [7, 11) is 0. The first-order chi connectivity index (χ1) is 11.7. The van der Waals surface area contributed by atoms with Gasteiger partial charge in [-0.2, -0.15) is 0 Å². The van der Waals surface area contributed by atoms with Crippen molar-refractivity contribution < 1.29 is 19.1 Å². The summed E-state index contributed by atoms with van der Waals surface area (Å²) in [5.41, 5.74) is 0.553. The van der Waals surface area contributed by atoms with Crippen molar-refractivity contribution in [3.05, 3.63) is 23.8 Å². The maximum absolute atomic E-state index is 12.2. The van der Waals surface area contributed by atoms with E-state index in [1.807, 2.05) is 0 Å². The van der Waals surface area contributed by atoms with Crippen LogP contribution in [0.5, 0.6) is 11.5 Å². The van der Waals surface area contributed by atoms with Gasteiger partial charge in [-0.15, -0.1) is 11.6 Å². The van der Waals surface area contributed by atoms with Crippen LogP contribution in [0.4, 0.5) is 0 Å². The third kappa shape index (κ3) is 3.91. The van der Waals surface area contributed by atoms with E-state index in [9.17, 15) is 9.59 Å². The largest absolute Gasteiger partial charge is 0.454 e. The number of rotatable bonds is 5. The molecule has 0 spiro atoms. The molecule has 0 saturated carbocycles. The summed E-state index contributed by atoms with van der Waals surface area (Å²) in [5, 5.41) is 2.90. The summed E-state index contributed by atoms with van der Waals surface area (Å²) in [4.78, 5) is 27.7. The molecule has 2 aliphatic heterocycles.